The smallest absolute Gasteiger partial charge is 0.321 e. The summed E-state index contributed by atoms with van der Waals surface area (Å²) in [6, 6.07) is 6.96. The molecule has 1 atom stereocenters. The van der Waals surface area contributed by atoms with Crippen LogP contribution in [0.2, 0.25) is 5.02 Å². The topological polar surface area (TPSA) is 54.5 Å². The Bertz CT molecular complexity index is 620. The number of thiazole rings is 1. The minimum atomic E-state index is -0.137. The molecule has 5 nitrogen and oxygen atoms in total. The zero-order valence-corrected chi connectivity index (χ0v) is 12.7. The fraction of sp³-hybridized carbons (Fsp3) is 0.286. The number of hydrogen-bond acceptors (Lipinski definition) is 4. The number of nitrogens with one attached hydrogen (secondary N) is 1. The summed E-state index contributed by atoms with van der Waals surface area (Å²) >= 11 is 7.36. The zero-order valence-electron chi connectivity index (χ0n) is 11.2. The van der Waals surface area contributed by atoms with Gasteiger partial charge in [0.25, 0.3) is 5.19 Å². The molecule has 1 aliphatic heterocycles. The lowest BCUT2D eigenvalue weighted by Crippen LogP contribution is -2.34. The molecule has 0 spiro atoms. The molecular formula is C14H14ClN3O2S. The van der Waals surface area contributed by atoms with Gasteiger partial charge in [0.15, 0.2) is 0 Å². The van der Waals surface area contributed by atoms with Gasteiger partial charge in [0.05, 0.1) is 6.54 Å². The normalized spacial score (nSPS) is 17.8. The van der Waals surface area contributed by atoms with Crippen LogP contribution >= 0.6 is 22.9 Å². The summed E-state index contributed by atoms with van der Waals surface area (Å²) in [6.45, 7) is 1.23. The van der Waals surface area contributed by atoms with Gasteiger partial charge < -0.3 is 15.0 Å². The highest BCUT2D eigenvalue weighted by atomic mass is 35.5. The van der Waals surface area contributed by atoms with Crippen LogP contribution in [0.5, 0.6) is 5.19 Å². The second-order valence-corrected chi connectivity index (χ2v) is 6.01. The molecule has 1 saturated heterocycles. The van der Waals surface area contributed by atoms with Crippen molar-refractivity contribution in [2.75, 3.05) is 18.4 Å². The van der Waals surface area contributed by atoms with Crippen molar-refractivity contribution in [2.24, 2.45) is 0 Å². The van der Waals surface area contributed by atoms with Gasteiger partial charge >= 0.3 is 6.03 Å². The molecule has 2 heterocycles. The Labute approximate surface area is 131 Å². The third-order valence-corrected chi connectivity index (χ3v) is 4.08. The first-order valence-corrected chi connectivity index (χ1v) is 7.84. The Kier molecular flexibility index (Phi) is 4.26. The van der Waals surface area contributed by atoms with E-state index in [1.807, 2.05) is 11.4 Å². The highest BCUT2D eigenvalue weighted by Gasteiger charge is 2.28. The molecule has 2 aromatic rings. The SMILES string of the molecule is O=C(Nc1cccc(Cl)c1)N1CCC(Oc2nccs2)C1. The number of anilines is 1. The lowest BCUT2D eigenvalue weighted by Gasteiger charge is -2.17. The van der Waals surface area contributed by atoms with Gasteiger partial charge in [0, 0.05) is 35.3 Å². The van der Waals surface area contributed by atoms with Crippen molar-refractivity contribution >= 4 is 34.7 Å². The highest BCUT2D eigenvalue weighted by Crippen LogP contribution is 2.21. The first-order valence-electron chi connectivity index (χ1n) is 6.58. The minimum Gasteiger partial charge on any atom is -0.465 e. The Morgan fingerprint density at radius 2 is 2.43 bits per heavy atom. The number of hydrogen-bond donors (Lipinski definition) is 1. The lowest BCUT2D eigenvalue weighted by molar-refractivity contribution is 0.194. The van der Waals surface area contributed by atoms with Crippen LogP contribution in [-0.4, -0.2) is 35.1 Å². The van der Waals surface area contributed by atoms with Gasteiger partial charge in [0.1, 0.15) is 6.10 Å². The van der Waals surface area contributed by atoms with Gasteiger partial charge in [-0.3, -0.25) is 0 Å². The van der Waals surface area contributed by atoms with Crippen LogP contribution in [0.3, 0.4) is 0 Å². The molecule has 0 saturated carbocycles. The molecule has 110 valence electrons. The largest absolute Gasteiger partial charge is 0.465 e. The molecule has 0 radical (unpaired) electrons. The number of carbonyl (C=O) groups is 1. The predicted molar refractivity (Wildman–Crippen MR) is 83.2 cm³/mol. The molecule has 21 heavy (non-hydrogen) atoms. The standard InChI is InChI=1S/C14H14ClN3O2S/c15-10-2-1-3-11(8-10)17-13(19)18-6-4-12(9-18)20-14-16-5-7-21-14/h1-3,5,7-8,12H,4,6,9H2,(H,17,19). The number of halogens is 1. The molecule has 1 N–H and O–H groups in total. The average Bonchev–Trinajstić information content (AvgIpc) is 3.11. The van der Waals surface area contributed by atoms with Crippen molar-refractivity contribution < 1.29 is 9.53 Å². The number of nitrogens with zero attached hydrogens (tertiary/aromatic N) is 2. The summed E-state index contributed by atoms with van der Waals surface area (Å²) in [6.07, 6.45) is 2.52. The van der Waals surface area contributed by atoms with Crippen molar-refractivity contribution in [2.45, 2.75) is 12.5 Å². The van der Waals surface area contributed by atoms with E-state index in [9.17, 15) is 4.79 Å². The lowest BCUT2D eigenvalue weighted by atomic mass is 10.3. The minimum absolute atomic E-state index is 0.00117. The van der Waals surface area contributed by atoms with Crippen molar-refractivity contribution in [3.05, 3.63) is 40.9 Å². The summed E-state index contributed by atoms with van der Waals surface area (Å²) in [4.78, 5) is 18.0. The van der Waals surface area contributed by atoms with Crippen LogP contribution in [0.15, 0.2) is 35.8 Å². The second-order valence-electron chi connectivity index (χ2n) is 4.71. The van der Waals surface area contributed by atoms with Gasteiger partial charge in [-0.05, 0) is 18.2 Å². The molecule has 1 unspecified atom stereocenters. The molecule has 3 rings (SSSR count). The number of likely N-dealkylation sites (tertiary alicyclic amines) is 1. The van der Waals surface area contributed by atoms with Gasteiger partial charge in [-0.25, -0.2) is 9.78 Å². The number of amides is 2. The summed E-state index contributed by atoms with van der Waals surface area (Å²) in [7, 11) is 0. The molecule has 1 aliphatic rings. The van der Waals surface area contributed by atoms with E-state index in [2.05, 4.69) is 10.3 Å². The van der Waals surface area contributed by atoms with Crippen molar-refractivity contribution in [3.63, 3.8) is 0 Å². The average molecular weight is 324 g/mol. The maximum atomic E-state index is 12.2. The predicted octanol–water partition coefficient (Wildman–Crippen LogP) is 3.48. The first kappa shape index (κ1) is 14.2. The van der Waals surface area contributed by atoms with Gasteiger partial charge in [0.2, 0.25) is 0 Å². The van der Waals surface area contributed by atoms with Crippen molar-refractivity contribution in [1.82, 2.24) is 9.88 Å². The van der Waals surface area contributed by atoms with E-state index in [1.54, 1.807) is 29.3 Å². The molecule has 0 aliphatic carbocycles. The number of ether oxygens (including phenoxy) is 1. The summed E-state index contributed by atoms with van der Waals surface area (Å²) < 4.78 is 5.73. The molecule has 1 fully saturated rings. The van der Waals surface area contributed by atoms with Crippen LogP contribution in [0.1, 0.15) is 6.42 Å². The Hall–Kier alpha value is -1.79. The molecule has 1 aromatic carbocycles. The quantitative estimate of drug-likeness (QED) is 0.940. The molecule has 2 amide bonds. The van der Waals surface area contributed by atoms with Crippen molar-refractivity contribution in [1.29, 1.82) is 0 Å². The number of urea groups is 1. The van der Waals surface area contributed by atoms with Crippen LogP contribution in [0.25, 0.3) is 0 Å². The number of carbonyl (C=O) groups excluding carboxylic acids is 1. The molecular weight excluding hydrogens is 310 g/mol. The zero-order chi connectivity index (χ0) is 14.7. The van der Waals surface area contributed by atoms with E-state index in [4.69, 9.17) is 16.3 Å². The Morgan fingerprint density at radius 3 is 3.19 bits per heavy atom. The van der Waals surface area contributed by atoms with Crippen molar-refractivity contribution in [3.8, 4) is 5.19 Å². The van der Waals surface area contributed by atoms with Crippen LogP contribution in [-0.2, 0) is 0 Å². The Morgan fingerprint density at radius 1 is 1.52 bits per heavy atom. The van der Waals surface area contributed by atoms with Crippen LogP contribution < -0.4 is 10.1 Å². The maximum Gasteiger partial charge on any atom is 0.321 e. The first-order chi connectivity index (χ1) is 10.2. The highest BCUT2D eigenvalue weighted by molar-refractivity contribution is 7.11. The number of aromatic nitrogens is 1. The van der Waals surface area contributed by atoms with E-state index < -0.39 is 0 Å². The summed E-state index contributed by atoms with van der Waals surface area (Å²) in [5.74, 6) is 0. The van der Waals surface area contributed by atoms with E-state index in [0.29, 0.717) is 29.0 Å². The monoisotopic (exact) mass is 323 g/mol. The van der Waals surface area contributed by atoms with Gasteiger partial charge in [-0.2, -0.15) is 0 Å². The fourth-order valence-corrected chi connectivity index (χ4v) is 2.93. The van der Waals surface area contributed by atoms with E-state index in [0.717, 1.165) is 6.42 Å². The molecule has 0 bridgehead atoms. The third kappa shape index (κ3) is 3.65. The maximum absolute atomic E-state index is 12.2. The van der Waals surface area contributed by atoms with E-state index >= 15 is 0 Å². The summed E-state index contributed by atoms with van der Waals surface area (Å²) in [5, 5.41) is 5.95. The fourth-order valence-electron chi connectivity index (χ4n) is 2.19. The van der Waals surface area contributed by atoms with E-state index in [-0.39, 0.29) is 12.1 Å². The van der Waals surface area contributed by atoms with E-state index in [1.165, 1.54) is 11.3 Å². The van der Waals surface area contributed by atoms with Gasteiger partial charge in [-0.1, -0.05) is 29.0 Å². The summed E-state index contributed by atoms with van der Waals surface area (Å²) in [5.41, 5.74) is 0.691. The van der Waals surface area contributed by atoms with Crippen LogP contribution in [0, 0.1) is 0 Å². The third-order valence-electron chi connectivity index (χ3n) is 3.19. The van der Waals surface area contributed by atoms with Crippen LogP contribution in [0.4, 0.5) is 10.5 Å². The number of rotatable bonds is 3. The Balaban J connectivity index is 1.54. The molecule has 1 aromatic heterocycles. The van der Waals surface area contributed by atoms with Gasteiger partial charge in [-0.15, -0.1) is 0 Å². The second kappa shape index (κ2) is 6.32. The molecule has 7 heteroatoms. The number of benzene rings is 1.